The molecular weight excluding hydrogens is 436 g/mol. The van der Waals surface area contributed by atoms with Gasteiger partial charge in [-0.05, 0) is 30.2 Å². The van der Waals surface area contributed by atoms with E-state index in [-0.39, 0.29) is 38.0 Å². The quantitative estimate of drug-likeness (QED) is 0.595. The van der Waals surface area contributed by atoms with Crippen molar-refractivity contribution < 1.29 is 22.0 Å². The summed E-state index contributed by atoms with van der Waals surface area (Å²) in [7, 11) is -4.35. The Morgan fingerprint density at radius 1 is 0.969 bits per heavy atom. The maximum absolute atomic E-state index is 14.1. The van der Waals surface area contributed by atoms with Gasteiger partial charge in [0, 0.05) is 37.3 Å². The fourth-order valence-electron chi connectivity index (χ4n) is 3.83. The van der Waals surface area contributed by atoms with Crippen molar-refractivity contribution in [3.05, 3.63) is 71.4 Å². The molecule has 1 aliphatic rings. The van der Waals surface area contributed by atoms with Crippen LogP contribution in [0.3, 0.4) is 0 Å². The van der Waals surface area contributed by atoms with Crippen LogP contribution in [-0.4, -0.2) is 54.7 Å². The van der Waals surface area contributed by atoms with Crippen LogP contribution in [0.5, 0.6) is 0 Å². The molecule has 6 nitrogen and oxygen atoms in total. The minimum absolute atomic E-state index is 0.0537. The molecular formula is C23H23F2N3O3S. The SMILES string of the molecule is CC(C)c1cc(C(=O)N2CCN(S(=O)(=O)c3c(F)cccc3F)CC2)c2ccccc2n1. The van der Waals surface area contributed by atoms with Crippen LogP contribution in [0.2, 0.25) is 0 Å². The minimum atomic E-state index is -4.35. The number of pyridine rings is 1. The average Bonchev–Trinajstić information content (AvgIpc) is 2.77. The molecule has 0 aliphatic carbocycles. The lowest BCUT2D eigenvalue weighted by Crippen LogP contribution is -2.50. The molecule has 1 saturated heterocycles. The number of sulfonamides is 1. The topological polar surface area (TPSA) is 70.6 Å². The molecule has 4 rings (SSSR count). The van der Waals surface area contributed by atoms with Crippen LogP contribution in [-0.2, 0) is 10.0 Å². The molecule has 0 N–H and O–H groups in total. The first-order valence-corrected chi connectivity index (χ1v) is 11.8. The van der Waals surface area contributed by atoms with Crippen LogP contribution in [0.15, 0.2) is 53.4 Å². The third-order valence-electron chi connectivity index (χ3n) is 5.60. The van der Waals surface area contributed by atoms with Crippen molar-refractivity contribution in [3.63, 3.8) is 0 Å². The number of benzene rings is 2. The maximum atomic E-state index is 14.1. The largest absolute Gasteiger partial charge is 0.336 e. The molecule has 168 valence electrons. The van der Waals surface area contributed by atoms with Gasteiger partial charge in [0.25, 0.3) is 5.91 Å². The molecule has 0 spiro atoms. The van der Waals surface area contributed by atoms with E-state index in [9.17, 15) is 22.0 Å². The van der Waals surface area contributed by atoms with Gasteiger partial charge in [-0.1, -0.05) is 38.1 Å². The van der Waals surface area contributed by atoms with Crippen LogP contribution in [0.4, 0.5) is 8.78 Å². The highest BCUT2D eigenvalue weighted by atomic mass is 32.2. The van der Waals surface area contributed by atoms with Crippen LogP contribution in [0, 0.1) is 11.6 Å². The molecule has 0 saturated carbocycles. The van der Waals surface area contributed by atoms with Crippen molar-refractivity contribution in [2.24, 2.45) is 0 Å². The van der Waals surface area contributed by atoms with E-state index in [1.54, 1.807) is 11.0 Å². The highest BCUT2D eigenvalue weighted by Crippen LogP contribution is 2.26. The van der Waals surface area contributed by atoms with Gasteiger partial charge in [0.2, 0.25) is 10.0 Å². The number of hydrogen-bond donors (Lipinski definition) is 0. The van der Waals surface area contributed by atoms with Gasteiger partial charge in [0.05, 0.1) is 11.1 Å². The second-order valence-electron chi connectivity index (χ2n) is 8.01. The lowest BCUT2D eigenvalue weighted by atomic mass is 10.0. The average molecular weight is 460 g/mol. The zero-order valence-electron chi connectivity index (χ0n) is 17.8. The van der Waals surface area contributed by atoms with Crippen LogP contribution in [0.25, 0.3) is 10.9 Å². The predicted octanol–water partition coefficient (Wildman–Crippen LogP) is 3.78. The first-order chi connectivity index (χ1) is 15.2. The Morgan fingerprint density at radius 3 is 2.22 bits per heavy atom. The van der Waals surface area contributed by atoms with Crippen LogP contribution in [0.1, 0.15) is 35.8 Å². The molecule has 1 aliphatic heterocycles. The van der Waals surface area contributed by atoms with Gasteiger partial charge in [0.15, 0.2) is 4.90 Å². The van der Waals surface area contributed by atoms with E-state index in [4.69, 9.17) is 0 Å². The van der Waals surface area contributed by atoms with Gasteiger partial charge in [0.1, 0.15) is 11.6 Å². The van der Waals surface area contributed by atoms with Crippen molar-refractivity contribution in [2.75, 3.05) is 26.2 Å². The van der Waals surface area contributed by atoms with Crippen molar-refractivity contribution in [1.29, 1.82) is 0 Å². The summed E-state index contributed by atoms with van der Waals surface area (Å²) in [5, 5.41) is 0.727. The van der Waals surface area contributed by atoms with Gasteiger partial charge in [-0.15, -0.1) is 0 Å². The Hall–Kier alpha value is -2.91. The zero-order chi connectivity index (χ0) is 23.0. The number of carbonyl (C=O) groups is 1. The smallest absolute Gasteiger partial charge is 0.254 e. The highest BCUT2D eigenvalue weighted by Gasteiger charge is 2.34. The van der Waals surface area contributed by atoms with Crippen molar-refractivity contribution in [1.82, 2.24) is 14.2 Å². The van der Waals surface area contributed by atoms with Gasteiger partial charge in [-0.2, -0.15) is 4.31 Å². The Labute approximate surface area is 185 Å². The Kier molecular flexibility index (Phi) is 5.96. The van der Waals surface area contributed by atoms with Crippen molar-refractivity contribution >= 4 is 26.8 Å². The monoisotopic (exact) mass is 459 g/mol. The number of hydrogen-bond acceptors (Lipinski definition) is 4. The van der Waals surface area contributed by atoms with E-state index in [2.05, 4.69) is 4.98 Å². The number of piperazine rings is 1. The summed E-state index contributed by atoms with van der Waals surface area (Å²) in [4.78, 5) is 18.6. The van der Waals surface area contributed by atoms with Crippen molar-refractivity contribution in [3.8, 4) is 0 Å². The standard InChI is InChI=1S/C23H23F2N3O3S/c1-15(2)21-14-17(16-6-3-4-9-20(16)26-21)23(29)27-10-12-28(13-11-27)32(30,31)22-18(24)7-5-8-19(22)25/h3-9,14-15H,10-13H2,1-2H3. The lowest BCUT2D eigenvalue weighted by Gasteiger charge is -2.34. The maximum Gasteiger partial charge on any atom is 0.254 e. The molecule has 1 aromatic heterocycles. The van der Waals surface area contributed by atoms with Crippen LogP contribution < -0.4 is 0 Å². The summed E-state index contributed by atoms with van der Waals surface area (Å²) in [6, 6.07) is 12.1. The summed E-state index contributed by atoms with van der Waals surface area (Å²) < 4.78 is 54.7. The molecule has 0 atom stereocenters. The highest BCUT2D eigenvalue weighted by molar-refractivity contribution is 7.89. The third-order valence-corrected chi connectivity index (χ3v) is 7.55. The second kappa shape index (κ2) is 8.55. The normalized spacial score (nSPS) is 15.5. The summed E-state index contributed by atoms with van der Waals surface area (Å²) in [5.74, 6) is -2.36. The number of fused-ring (bicyclic) bond motifs is 1. The van der Waals surface area contributed by atoms with Gasteiger partial charge >= 0.3 is 0 Å². The number of nitrogens with zero attached hydrogens (tertiary/aromatic N) is 3. The van der Waals surface area contributed by atoms with Gasteiger partial charge in [-0.3, -0.25) is 9.78 Å². The number of aromatic nitrogens is 1. The number of amides is 1. The molecule has 3 aromatic rings. The van der Waals surface area contributed by atoms with Gasteiger partial charge < -0.3 is 4.90 Å². The summed E-state index contributed by atoms with van der Waals surface area (Å²) in [6.45, 7) is 4.11. The van der Waals surface area contributed by atoms with Crippen molar-refractivity contribution in [2.45, 2.75) is 24.7 Å². The molecule has 0 bridgehead atoms. The summed E-state index contributed by atoms with van der Waals surface area (Å²) in [6.07, 6.45) is 0. The summed E-state index contributed by atoms with van der Waals surface area (Å²) >= 11 is 0. The van der Waals surface area contributed by atoms with E-state index in [1.165, 1.54) is 0 Å². The lowest BCUT2D eigenvalue weighted by molar-refractivity contribution is 0.0699. The summed E-state index contributed by atoms with van der Waals surface area (Å²) in [5.41, 5.74) is 2.03. The molecule has 2 aromatic carbocycles. The first kappa shape index (κ1) is 22.3. The van der Waals surface area contributed by atoms with E-state index >= 15 is 0 Å². The van der Waals surface area contributed by atoms with E-state index in [0.29, 0.717) is 5.56 Å². The Morgan fingerprint density at radius 2 is 1.59 bits per heavy atom. The Bertz CT molecular complexity index is 1270. The zero-order valence-corrected chi connectivity index (χ0v) is 18.6. The number of rotatable bonds is 4. The van der Waals surface area contributed by atoms with E-state index < -0.39 is 26.6 Å². The third kappa shape index (κ3) is 3.98. The fraction of sp³-hybridized carbons (Fsp3) is 0.304. The number of carbonyl (C=O) groups excluding carboxylic acids is 1. The number of para-hydroxylation sites is 1. The minimum Gasteiger partial charge on any atom is -0.336 e. The first-order valence-electron chi connectivity index (χ1n) is 10.3. The molecule has 1 fully saturated rings. The number of halogens is 2. The molecule has 32 heavy (non-hydrogen) atoms. The fourth-order valence-corrected chi connectivity index (χ4v) is 5.36. The van der Waals surface area contributed by atoms with E-state index in [0.717, 1.165) is 39.1 Å². The van der Waals surface area contributed by atoms with Gasteiger partial charge in [-0.25, -0.2) is 17.2 Å². The van der Waals surface area contributed by atoms with Crippen LogP contribution >= 0.6 is 0 Å². The molecule has 1 amide bonds. The van der Waals surface area contributed by atoms with E-state index in [1.807, 2.05) is 38.1 Å². The Balaban J connectivity index is 1.59. The molecule has 0 radical (unpaired) electrons. The molecule has 2 heterocycles. The molecule has 9 heteroatoms. The second-order valence-corrected chi connectivity index (χ2v) is 9.89. The predicted molar refractivity (Wildman–Crippen MR) is 117 cm³/mol. The molecule has 0 unspecified atom stereocenters.